The highest BCUT2D eigenvalue weighted by Crippen LogP contribution is 2.34. The first-order valence-corrected chi connectivity index (χ1v) is 10.2. The molecule has 2 aromatic heterocycles. The molecule has 0 aliphatic carbocycles. The second-order valence-electron chi connectivity index (χ2n) is 6.51. The molecule has 3 heterocycles. The number of ether oxygens (including phenoxy) is 1. The van der Waals surface area contributed by atoms with Gasteiger partial charge in [0, 0.05) is 12.8 Å². The van der Waals surface area contributed by atoms with E-state index in [9.17, 15) is 4.79 Å². The fourth-order valence-corrected chi connectivity index (χ4v) is 4.27. The number of aromatic nitrogens is 3. The molecule has 1 aromatic carbocycles. The van der Waals surface area contributed by atoms with Crippen molar-refractivity contribution in [1.29, 1.82) is 0 Å². The van der Waals surface area contributed by atoms with Gasteiger partial charge in [-0.1, -0.05) is 41.9 Å². The molecule has 1 saturated heterocycles. The molecule has 6 nitrogen and oxygen atoms in total. The molecule has 144 valence electrons. The van der Waals surface area contributed by atoms with Crippen LogP contribution in [0, 0.1) is 0 Å². The van der Waals surface area contributed by atoms with E-state index in [4.69, 9.17) is 22.1 Å². The van der Waals surface area contributed by atoms with E-state index in [2.05, 4.69) is 26.7 Å². The molecule has 28 heavy (non-hydrogen) atoms. The van der Waals surface area contributed by atoms with Gasteiger partial charge in [0.2, 0.25) is 5.91 Å². The van der Waals surface area contributed by atoms with Gasteiger partial charge in [-0.2, -0.15) is 0 Å². The standard InChI is InChI=1S/C20H19ClN4O2S/c21-16-9-14(18(22)26)10-23-19(16)28-20-24-11-17(13-5-2-1-3-6-13)25(20)12-15-7-4-8-27-15/h1-3,5-6,9-11,15H,4,7-8,12H2,(H2,22,26). The van der Waals surface area contributed by atoms with Crippen molar-refractivity contribution in [2.75, 3.05) is 6.61 Å². The van der Waals surface area contributed by atoms with E-state index in [0.717, 1.165) is 35.9 Å². The topological polar surface area (TPSA) is 83.0 Å². The van der Waals surface area contributed by atoms with Crippen LogP contribution in [0.5, 0.6) is 0 Å². The summed E-state index contributed by atoms with van der Waals surface area (Å²) in [5, 5.41) is 1.72. The molecule has 0 bridgehead atoms. The van der Waals surface area contributed by atoms with Gasteiger partial charge in [-0.3, -0.25) is 4.79 Å². The average molecular weight is 415 g/mol. The Hall–Kier alpha value is -2.35. The third-order valence-electron chi connectivity index (χ3n) is 4.58. The first kappa shape index (κ1) is 19.0. The van der Waals surface area contributed by atoms with Gasteiger partial charge in [0.25, 0.3) is 0 Å². The number of hydrogen-bond donors (Lipinski definition) is 1. The molecule has 1 unspecified atom stereocenters. The summed E-state index contributed by atoms with van der Waals surface area (Å²) in [7, 11) is 0. The molecule has 1 aliphatic heterocycles. The summed E-state index contributed by atoms with van der Waals surface area (Å²) in [6, 6.07) is 11.7. The van der Waals surface area contributed by atoms with Gasteiger partial charge >= 0.3 is 0 Å². The number of amides is 1. The lowest BCUT2D eigenvalue weighted by atomic mass is 10.1. The van der Waals surface area contributed by atoms with E-state index in [0.29, 0.717) is 16.6 Å². The zero-order chi connectivity index (χ0) is 19.5. The summed E-state index contributed by atoms with van der Waals surface area (Å²) >= 11 is 7.68. The van der Waals surface area contributed by atoms with E-state index in [-0.39, 0.29) is 11.7 Å². The molecule has 2 N–H and O–H groups in total. The smallest absolute Gasteiger partial charge is 0.250 e. The molecule has 1 aliphatic rings. The summed E-state index contributed by atoms with van der Waals surface area (Å²) in [4.78, 5) is 20.2. The Morgan fingerprint density at radius 3 is 2.79 bits per heavy atom. The third-order valence-corrected chi connectivity index (χ3v) is 6.01. The minimum Gasteiger partial charge on any atom is -0.376 e. The minimum atomic E-state index is -0.558. The number of hydrogen-bond acceptors (Lipinski definition) is 5. The van der Waals surface area contributed by atoms with Crippen LogP contribution in [0.15, 0.2) is 59.0 Å². The van der Waals surface area contributed by atoms with Crippen molar-refractivity contribution >= 4 is 29.3 Å². The number of carbonyl (C=O) groups is 1. The second kappa shape index (κ2) is 8.34. The van der Waals surface area contributed by atoms with E-state index < -0.39 is 5.91 Å². The maximum atomic E-state index is 11.3. The quantitative estimate of drug-likeness (QED) is 0.658. The summed E-state index contributed by atoms with van der Waals surface area (Å²) in [5.74, 6) is -0.558. The van der Waals surface area contributed by atoms with Gasteiger partial charge in [-0.05, 0) is 36.2 Å². The molecule has 1 fully saturated rings. The summed E-state index contributed by atoms with van der Waals surface area (Å²) in [5.41, 5.74) is 7.68. The van der Waals surface area contributed by atoms with Crippen LogP contribution in [-0.2, 0) is 11.3 Å². The molecule has 0 saturated carbocycles. The lowest BCUT2D eigenvalue weighted by Crippen LogP contribution is -2.16. The van der Waals surface area contributed by atoms with Gasteiger partial charge in [0.05, 0.1) is 35.1 Å². The van der Waals surface area contributed by atoms with Gasteiger partial charge < -0.3 is 15.0 Å². The number of rotatable bonds is 6. The van der Waals surface area contributed by atoms with Crippen molar-refractivity contribution in [3.63, 3.8) is 0 Å². The SMILES string of the molecule is NC(=O)c1cnc(Sc2ncc(-c3ccccc3)n2CC2CCCO2)c(Cl)c1. The highest BCUT2D eigenvalue weighted by Gasteiger charge is 2.22. The summed E-state index contributed by atoms with van der Waals surface area (Å²) in [6.45, 7) is 1.51. The lowest BCUT2D eigenvalue weighted by molar-refractivity contribution is 0.0953. The van der Waals surface area contributed by atoms with E-state index >= 15 is 0 Å². The number of nitrogens with zero attached hydrogens (tertiary/aromatic N) is 3. The molecular formula is C20H19ClN4O2S. The van der Waals surface area contributed by atoms with Gasteiger partial charge in [-0.25, -0.2) is 9.97 Å². The maximum absolute atomic E-state index is 11.3. The van der Waals surface area contributed by atoms with Crippen molar-refractivity contribution in [2.45, 2.75) is 35.7 Å². The van der Waals surface area contributed by atoms with Crippen molar-refractivity contribution in [3.05, 3.63) is 59.4 Å². The largest absolute Gasteiger partial charge is 0.376 e. The highest BCUT2D eigenvalue weighted by atomic mass is 35.5. The summed E-state index contributed by atoms with van der Waals surface area (Å²) in [6.07, 6.45) is 5.56. The molecule has 0 radical (unpaired) electrons. The van der Waals surface area contributed by atoms with Crippen LogP contribution >= 0.6 is 23.4 Å². The lowest BCUT2D eigenvalue weighted by Gasteiger charge is -2.16. The zero-order valence-electron chi connectivity index (χ0n) is 15.0. The van der Waals surface area contributed by atoms with Crippen molar-refractivity contribution < 1.29 is 9.53 Å². The minimum absolute atomic E-state index is 0.164. The fourth-order valence-electron chi connectivity index (χ4n) is 3.17. The van der Waals surface area contributed by atoms with Crippen LogP contribution in [0.2, 0.25) is 5.02 Å². The Balaban J connectivity index is 1.68. The average Bonchev–Trinajstić information content (AvgIpc) is 3.35. The zero-order valence-corrected chi connectivity index (χ0v) is 16.6. The second-order valence-corrected chi connectivity index (χ2v) is 7.88. The Morgan fingerprint density at radius 1 is 1.29 bits per heavy atom. The first-order valence-electron chi connectivity index (χ1n) is 8.97. The Morgan fingerprint density at radius 2 is 2.11 bits per heavy atom. The maximum Gasteiger partial charge on any atom is 0.250 e. The van der Waals surface area contributed by atoms with Crippen molar-refractivity contribution in [3.8, 4) is 11.3 Å². The molecule has 1 amide bonds. The van der Waals surface area contributed by atoms with Crippen LogP contribution < -0.4 is 5.73 Å². The monoisotopic (exact) mass is 414 g/mol. The molecule has 3 aromatic rings. The normalized spacial score (nSPS) is 16.4. The van der Waals surface area contributed by atoms with Gasteiger partial charge in [0.15, 0.2) is 5.16 Å². The molecular weight excluding hydrogens is 396 g/mol. The van der Waals surface area contributed by atoms with Crippen LogP contribution in [0.4, 0.5) is 0 Å². The highest BCUT2D eigenvalue weighted by molar-refractivity contribution is 7.99. The Bertz CT molecular complexity index is 987. The predicted molar refractivity (Wildman–Crippen MR) is 109 cm³/mol. The van der Waals surface area contributed by atoms with Crippen molar-refractivity contribution in [2.24, 2.45) is 5.73 Å². The van der Waals surface area contributed by atoms with Crippen LogP contribution in [0.3, 0.4) is 0 Å². The van der Waals surface area contributed by atoms with E-state index in [1.807, 2.05) is 24.4 Å². The number of pyridine rings is 1. The number of benzene rings is 1. The summed E-state index contributed by atoms with van der Waals surface area (Å²) < 4.78 is 7.99. The number of primary amides is 1. The Kier molecular flexibility index (Phi) is 5.66. The predicted octanol–water partition coefficient (Wildman–Crippen LogP) is 4.03. The van der Waals surface area contributed by atoms with Crippen LogP contribution in [0.1, 0.15) is 23.2 Å². The van der Waals surface area contributed by atoms with Crippen LogP contribution in [0.25, 0.3) is 11.3 Å². The van der Waals surface area contributed by atoms with E-state index in [1.54, 1.807) is 0 Å². The van der Waals surface area contributed by atoms with Crippen LogP contribution in [-0.4, -0.2) is 33.2 Å². The molecule has 0 spiro atoms. The Labute approximate surface area is 172 Å². The van der Waals surface area contributed by atoms with Gasteiger partial charge in [0.1, 0.15) is 5.03 Å². The third kappa shape index (κ3) is 4.06. The molecule has 1 atom stereocenters. The number of halogens is 1. The number of carbonyl (C=O) groups excluding carboxylic acids is 1. The van der Waals surface area contributed by atoms with Gasteiger partial charge in [-0.15, -0.1) is 0 Å². The number of imidazole rings is 1. The fraction of sp³-hybridized carbons (Fsp3) is 0.250. The number of nitrogens with two attached hydrogens (primary N) is 1. The first-order chi connectivity index (χ1) is 13.6. The van der Waals surface area contributed by atoms with Crippen molar-refractivity contribution in [1.82, 2.24) is 14.5 Å². The van der Waals surface area contributed by atoms with E-state index in [1.165, 1.54) is 24.0 Å². The molecule has 4 rings (SSSR count). The molecule has 8 heteroatoms.